The number of carbonyl (C=O) groups excluding carboxylic acids is 1. The van der Waals surface area contributed by atoms with Crippen LogP contribution >= 0.6 is 15.9 Å². The molecule has 2 heterocycles. The number of benzene rings is 3. The second-order valence-electron chi connectivity index (χ2n) is 7.32. The van der Waals surface area contributed by atoms with Crippen LogP contribution in [0.5, 0.6) is 0 Å². The Morgan fingerprint density at radius 2 is 1.75 bits per heavy atom. The molecule has 0 spiro atoms. The summed E-state index contributed by atoms with van der Waals surface area (Å²) >= 11 is 3.47. The van der Waals surface area contributed by atoms with Gasteiger partial charge in [-0.3, -0.25) is 4.40 Å². The van der Waals surface area contributed by atoms with Crippen molar-refractivity contribution < 1.29 is 13.9 Å². The largest absolute Gasteiger partial charge is 0.462 e. The fraction of sp³-hybridized carbons (Fsp3) is 0.0769. The van der Waals surface area contributed by atoms with Gasteiger partial charge in [0.25, 0.3) is 0 Å². The van der Waals surface area contributed by atoms with Crippen molar-refractivity contribution in [1.29, 1.82) is 0 Å². The maximum Gasteiger partial charge on any atom is 0.342 e. The number of rotatable bonds is 4. The summed E-state index contributed by atoms with van der Waals surface area (Å²) in [6.45, 7) is 1.99. The van der Waals surface area contributed by atoms with Crippen molar-refractivity contribution in [3.05, 3.63) is 94.7 Å². The number of hydrogen-bond acceptors (Lipinski definition) is 3. The van der Waals surface area contributed by atoms with E-state index < -0.39 is 5.97 Å². The number of hydrogen-bond donors (Lipinski definition) is 0. The van der Waals surface area contributed by atoms with Crippen LogP contribution in [-0.4, -0.2) is 22.0 Å². The van der Waals surface area contributed by atoms with Gasteiger partial charge in [0, 0.05) is 15.4 Å². The monoisotopic (exact) mass is 488 g/mol. The number of halogens is 2. The highest BCUT2D eigenvalue weighted by Gasteiger charge is 2.24. The molecule has 0 aliphatic heterocycles. The van der Waals surface area contributed by atoms with Crippen LogP contribution in [0.25, 0.3) is 39.1 Å². The minimum absolute atomic E-state index is 0.233. The lowest BCUT2D eigenvalue weighted by Crippen LogP contribution is -2.06. The molecule has 2 aromatic heterocycles. The zero-order chi connectivity index (χ0) is 22.2. The van der Waals surface area contributed by atoms with Gasteiger partial charge in [0.2, 0.25) is 0 Å². The maximum atomic E-state index is 14.3. The predicted octanol–water partition coefficient (Wildman–Crippen LogP) is 6.90. The molecule has 5 aromatic rings. The van der Waals surface area contributed by atoms with E-state index in [1.807, 2.05) is 65.1 Å². The van der Waals surface area contributed by atoms with Crippen molar-refractivity contribution in [1.82, 2.24) is 9.38 Å². The Kier molecular flexibility index (Phi) is 5.23. The quantitative estimate of drug-likeness (QED) is 0.258. The standard InChI is InChI=1S/C26H18BrFN2O2/c1-2-32-26(31)24-20-13-12-19(28)14-23(20)30-22(17-6-4-3-5-7-17)15-21(29-25(24)30)16-8-10-18(27)11-9-16/h3-15H,2H2,1H3. The molecule has 3 aromatic carbocycles. The molecule has 4 nitrogen and oxygen atoms in total. The zero-order valence-electron chi connectivity index (χ0n) is 17.2. The van der Waals surface area contributed by atoms with Crippen molar-refractivity contribution in [2.75, 3.05) is 6.61 Å². The van der Waals surface area contributed by atoms with Crippen molar-refractivity contribution in [3.8, 4) is 22.5 Å². The van der Waals surface area contributed by atoms with E-state index in [4.69, 9.17) is 9.72 Å². The van der Waals surface area contributed by atoms with Gasteiger partial charge in [0.05, 0.1) is 23.5 Å². The molecule has 0 saturated carbocycles. The van der Waals surface area contributed by atoms with E-state index in [-0.39, 0.29) is 12.4 Å². The van der Waals surface area contributed by atoms with Crippen molar-refractivity contribution >= 4 is 38.4 Å². The van der Waals surface area contributed by atoms with Gasteiger partial charge in [-0.2, -0.15) is 0 Å². The number of ether oxygens (including phenoxy) is 1. The van der Waals surface area contributed by atoms with E-state index in [0.29, 0.717) is 27.8 Å². The van der Waals surface area contributed by atoms with E-state index in [1.165, 1.54) is 12.1 Å². The summed E-state index contributed by atoms with van der Waals surface area (Å²) in [5, 5.41) is 0.600. The van der Waals surface area contributed by atoms with Crippen LogP contribution in [0.15, 0.2) is 83.3 Å². The Labute approximate surface area is 192 Å². The third kappa shape index (κ3) is 3.46. The van der Waals surface area contributed by atoms with Gasteiger partial charge >= 0.3 is 5.97 Å². The van der Waals surface area contributed by atoms with Gasteiger partial charge in [0.1, 0.15) is 11.4 Å². The molecule has 0 N–H and O–H groups in total. The van der Waals surface area contributed by atoms with E-state index in [0.717, 1.165) is 21.3 Å². The Bertz CT molecular complexity index is 1460. The van der Waals surface area contributed by atoms with E-state index in [9.17, 15) is 9.18 Å². The molecular formula is C26H18BrFN2O2. The number of esters is 1. The molecular weight excluding hydrogens is 471 g/mol. The van der Waals surface area contributed by atoms with Crippen molar-refractivity contribution in [3.63, 3.8) is 0 Å². The Morgan fingerprint density at radius 3 is 2.47 bits per heavy atom. The topological polar surface area (TPSA) is 43.6 Å². The van der Waals surface area contributed by atoms with Gasteiger partial charge < -0.3 is 4.74 Å². The van der Waals surface area contributed by atoms with Crippen LogP contribution in [0, 0.1) is 5.82 Å². The fourth-order valence-corrected chi connectivity index (χ4v) is 4.20. The lowest BCUT2D eigenvalue weighted by molar-refractivity contribution is 0.0530. The maximum absolute atomic E-state index is 14.3. The number of aromatic nitrogens is 2. The van der Waals surface area contributed by atoms with E-state index in [1.54, 1.807) is 13.0 Å². The first-order chi connectivity index (χ1) is 15.6. The summed E-state index contributed by atoms with van der Waals surface area (Å²) in [6.07, 6.45) is 0. The zero-order valence-corrected chi connectivity index (χ0v) is 18.8. The van der Waals surface area contributed by atoms with Gasteiger partial charge in [-0.05, 0) is 48.9 Å². The SMILES string of the molecule is CCOC(=O)c1c2ccc(F)cc2n2c(-c3ccccc3)cc(-c3ccc(Br)cc3)nc12. The summed E-state index contributed by atoms with van der Waals surface area (Å²) in [4.78, 5) is 17.8. The van der Waals surface area contributed by atoms with Gasteiger partial charge in [-0.25, -0.2) is 14.2 Å². The molecule has 0 radical (unpaired) electrons. The molecule has 158 valence electrons. The second kappa shape index (κ2) is 8.20. The van der Waals surface area contributed by atoms with Gasteiger partial charge in [-0.1, -0.05) is 58.4 Å². The van der Waals surface area contributed by atoms with Crippen LogP contribution in [0.1, 0.15) is 17.3 Å². The molecule has 5 rings (SSSR count). The third-order valence-corrected chi connectivity index (χ3v) is 5.86. The summed E-state index contributed by atoms with van der Waals surface area (Å²) in [5.41, 5.74) is 4.67. The van der Waals surface area contributed by atoms with Crippen molar-refractivity contribution in [2.24, 2.45) is 0 Å². The Balaban J connectivity index is 1.94. The van der Waals surface area contributed by atoms with Crippen molar-refractivity contribution in [2.45, 2.75) is 6.92 Å². The first-order valence-corrected chi connectivity index (χ1v) is 11.0. The Hall–Kier alpha value is -3.51. The molecule has 0 aliphatic rings. The van der Waals surface area contributed by atoms with Gasteiger partial charge in [-0.15, -0.1) is 0 Å². The van der Waals surface area contributed by atoms with Crippen LogP contribution in [0.2, 0.25) is 0 Å². The third-order valence-electron chi connectivity index (χ3n) is 5.34. The molecule has 6 heteroatoms. The first-order valence-electron chi connectivity index (χ1n) is 10.2. The molecule has 32 heavy (non-hydrogen) atoms. The molecule has 0 atom stereocenters. The van der Waals surface area contributed by atoms with Gasteiger partial charge in [0.15, 0.2) is 5.65 Å². The van der Waals surface area contributed by atoms with Crippen LogP contribution < -0.4 is 0 Å². The molecule has 0 saturated heterocycles. The average Bonchev–Trinajstić information content (AvgIpc) is 3.13. The highest BCUT2D eigenvalue weighted by atomic mass is 79.9. The van der Waals surface area contributed by atoms with E-state index >= 15 is 0 Å². The number of nitrogens with zero attached hydrogens (tertiary/aromatic N) is 2. The molecule has 0 amide bonds. The fourth-order valence-electron chi connectivity index (χ4n) is 3.93. The minimum Gasteiger partial charge on any atom is -0.462 e. The summed E-state index contributed by atoms with van der Waals surface area (Å²) < 4.78 is 22.4. The highest BCUT2D eigenvalue weighted by Crippen LogP contribution is 2.35. The highest BCUT2D eigenvalue weighted by molar-refractivity contribution is 9.10. The normalized spacial score (nSPS) is 11.2. The Morgan fingerprint density at radius 1 is 1.00 bits per heavy atom. The molecule has 0 bridgehead atoms. The van der Waals surface area contributed by atoms with Crippen LogP contribution in [0.3, 0.4) is 0 Å². The molecule has 0 unspecified atom stereocenters. The summed E-state index contributed by atoms with van der Waals surface area (Å²) in [6, 6.07) is 24.0. The van der Waals surface area contributed by atoms with E-state index in [2.05, 4.69) is 15.9 Å². The smallest absolute Gasteiger partial charge is 0.342 e. The predicted molar refractivity (Wildman–Crippen MR) is 127 cm³/mol. The summed E-state index contributed by atoms with van der Waals surface area (Å²) in [5.74, 6) is -0.866. The summed E-state index contributed by atoms with van der Waals surface area (Å²) in [7, 11) is 0. The second-order valence-corrected chi connectivity index (χ2v) is 8.23. The molecule has 0 aliphatic carbocycles. The minimum atomic E-state index is -0.480. The first kappa shape index (κ1) is 20.4. The van der Waals surface area contributed by atoms with Crippen LogP contribution in [0.4, 0.5) is 4.39 Å². The number of carbonyl (C=O) groups is 1. The van der Waals surface area contributed by atoms with Crippen LogP contribution in [-0.2, 0) is 4.74 Å². The lowest BCUT2D eigenvalue weighted by Gasteiger charge is -2.11. The lowest BCUT2D eigenvalue weighted by atomic mass is 10.1. The number of fused-ring (bicyclic) bond motifs is 3. The molecule has 0 fully saturated rings. The average molecular weight is 489 g/mol.